The van der Waals surface area contributed by atoms with Gasteiger partial charge in [-0.05, 0) is 47.5 Å². The van der Waals surface area contributed by atoms with E-state index in [-0.39, 0.29) is 30.5 Å². The molecule has 1 aliphatic heterocycles. The Kier molecular flexibility index (Phi) is 11.3. The van der Waals surface area contributed by atoms with Gasteiger partial charge in [-0.15, -0.1) is 0 Å². The molecule has 1 N–H and O–H groups in total. The number of carbonyl (C=O) groups is 2. The van der Waals surface area contributed by atoms with Crippen molar-refractivity contribution in [3.05, 3.63) is 95.0 Å². The van der Waals surface area contributed by atoms with E-state index < -0.39 is 22.0 Å². The molecule has 2 amide bonds. The van der Waals surface area contributed by atoms with E-state index >= 15 is 0 Å². The number of nitrogens with one attached hydrogen (secondary N) is 1. The predicted octanol–water partition coefficient (Wildman–Crippen LogP) is 3.27. The minimum absolute atomic E-state index is 0.118. The average Bonchev–Trinajstić information content (AvgIpc) is 3.02. The van der Waals surface area contributed by atoms with Crippen LogP contribution >= 0.6 is 11.6 Å². The van der Waals surface area contributed by atoms with Gasteiger partial charge < -0.3 is 24.4 Å². The summed E-state index contributed by atoms with van der Waals surface area (Å²) in [6.07, 6.45) is 0. The number of methoxy groups -OCH3 is 1. The lowest BCUT2D eigenvalue weighted by molar-refractivity contribution is -0.143. The third kappa shape index (κ3) is 8.30. The van der Waals surface area contributed by atoms with Gasteiger partial charge in [-0.1, -0.05) is 54.1 Å². The quantitative estimate of drug-likeness (QED) is 0.294. The van der Waals surface area contributed by atoms with Crippen molar-refractivity contribution in [3.63, 3.8) is 0 Å². The normalized spacial score (nSPS) is 14.6. The van der Waals surface area contributed by atoms with Gasteiger partial charge >= 0.3 is 0 Å². The molecule has 3 aromatic carbocycles. The number of benzene rings is 3. The summed E-state index contributed by atoms with van der Waals surface area (Å²) in [6.45, 7) is 1.62. The maximum Gasteiger partial charge on any atom is 0.261 e. The molecule has 0 aliphatic carbocycles. The number of ether oxygens (including phenoxy) is 3. The summed E-state index contributed by atoms with van der Waals surface area (Å²) in [5, 5.41) is 3.40. The standard InChI is InChI=1S/C30H34ClN3O7S/c1-39-18-15-32-30(36)29(24-5-3-2-4-6-24)34(21-23-7-9-25(31)10-8-23)28(35)22-41-26-11-13-27(14-12-26)42(37,38)33-16-19-40-20-17-33/h2-14,29H,15-22H2,1H3,(H,32,36)/t29-/m1/s1. The van der Waals surface area contributed by atoms with E-state index in [0.717, 1.165) is 5.56 Å². The molecule has 4 rings (SSSR count). The first-order valence-electron chi connectivity index (χ1n) is 13.5. The molecule has 0 radical (unpaired) electrons. The summed E-state index contributed by atoms with van der Waals surface area (Å²) in [7, 11) is -2.12. The summed E-state index contributed by atoms with van der Waals surface area (Å²) in [6, 6.07) is 21.0. The molecule has 0 aromatic heterocycles. The predicted molar refractivity (Wildman–Crippen MR) is 158 cm³/mol. The highest BCUT2D eigenvalue weighted by Crippen LogP contribution is 2.26. The molecule has 1 atom stereocenters. The monoisotopic (exact) mass is 615 g/mol. The molecule has 0 unspecified atom stereocenters. The number of nitrogens with zero attached hydrogens (tertiary/aromatic N) is 2. The molecule has 0 spiro atoms. The summed E-state index contributed by atoms with van der Waals surface area (Å²) < 4.78 is 43.4. The van der Waals surface area contributed by atoms with E-state index in [9.17, 15) is 18.0 Å². The molecular weight excluding hydrogens is 582 g/mol. The van der Waals surface area contributed by atoms with E-state index in [1.54, 1.807) is 55.6 Å². The van der Waals surface area contributed by atoms with Crippen molar-refractivity contribution in [2.75, 3.05) is 53.2 Å². The second-order valence-corrected chi connectivity index (χ2v) is 11.9. The van der Waals surface area contributed by atoms with Crippen molar-refractivity contribution in [2.24, 2.45) is 0 Å². The molecule has 1 aliphatic rings. The van der Waals surface area contributed by atoms with Crippen LogP contribution in [0.15, 0.2) is 83.8 Å². The highest BCUT2D eigenvalue weighted by Gasteiger charge is 2.32. The fraction of sp³-hybridized carbons (Fsp3) is 0.333. The smallest absolute Gasteiger partial charge is 0.261 e. The number of morpholine rings is 1. The second-order valence-electron chi connectivity index (χ2n) is 9.52. The molecule has 42 heavy (non-hydrogen) atoms. The zero-order valence-corrected chi connectivity index (χ0v) is 24.9. The van der Waals surface area contributed by atoms with Gasteiger partial charge in [-0.2, -0.15) is 4.31 Å². The Bertz CT molecular complexity index is 1420. The summed E-state index contributed by atoms with van der Waals surface area (Å²) in [5.74, 6) is -0.486. The highest BCUT2D eigenvalue weighted by atomic mass is 35.5. The number of carbonyl (C=O) groups excluding carboxylic acids is 2. The van der Waals surface area contributed by atoms with Crippen LogP contribution in [0.3, 0.4) is 0 Å². The van der Waals surface area contributed by atoms with Gasteiger partial charge in [-0.25, -0.2) is 8.42 Å². The van der Waals surface area contributed by atoms with Crippen LogP contribution in [0.25, 0.3) is 0 Å². The summed E-state index contributed by atoms with van der Waals surface area (Å²) >= 11 is 6.07. The number of sulfonamides is 1. The van der Waals surface area contributed by atoms with Crippen LogP contribution < -0.4 is 10.1 Å². The molecule has 1 fully saturated rings. The van der Waals surface area contributed by atoms with Crippen LogP contribution in [-0.2, 0) is 35.6 Å². The van der Waals surface area contributed by atoms with E-state index in [4.69, 9.17) is 25.8 Å². The number of rotatable bonds is 13. The minimum Gasteiger partial charge on any atom is -0.484 e. The van der Waals surface area contributed by atoms with Crippen LogP contribution in [0.2, 0.25) is 5.02 Å². The second kappa shape index (κ2) is 15.1. The molecule has 0 bridgehead atoms. The van der Waals surface area contributed by atoms with Gasteiger partial charge in [0.05, 0.1) is 24.7 Å². The maximum atomic E-state index is 13.7. The van der Waals surface area contributed by atoms with Gasteiger partial charge in [0.1, 0.15) is 11.8 Å². The molecule has 1 heterocycles. The molecule has 12 heteroatoms. The van der Waals surface area contributed by atoms with Gasteiger partial charge in [-0.3, -0.25) is 9.59 Å². The number of amides is 2. The van der Waals surface area contributed by atoms with E-state index in [1.165, 1.54) is 33.5 Å². The van der Waals surface area contributed by atoms with Crippen LogP contribution in [0.4, 0.5) is 0 Å². The topological polar surface area (TPSA) is 114 Å². The van der Waals surface area contributed by atoms with Crippen molar-refractivity contribution in [1.29, 1.82) is 0 Å². The molecule has 224 valence electrons. The molecular formula is C30H34ClN3O7S. The fourth-order valence-electron chi connectivity index (χ4n) is 4.46. The maximum absolute atomic E-state index is 13.7. The molecule has 1 saturated heterocycles. The largest absolute Gasteiger partial charge is 0.484 e. The minimum atomic E-state index is -3.66. The summed E-state index contributed by atoms with van der Waals surface area (Å²) in [4.78, 5) is 28.8. The average molecular weight is 616 g/mol. The summed E-state index contributed by atoms with van der Waals surface area (Å²) in [5.41, 5.74) is 1.41. The molecule has 0 saturated carbocycles. The number of hydrogen-bond donors (Lipinski definition) is 1. The van der Waals surface area contributed by atoms with Crippen LogP contribution in [0, 0.1) is 0 Å². The van der Waals surface area contributed by atoms with Gasteiger partial charge in [0.15, 0.2) is 6.61 Å². The zero-order chi connectivity index (χ0) is 30.0. The van der Waals surface area contributed by atoms with Gasteiger partial charge in [0.25, 0.3) is 5.91 Å². The van der Waals surface area contributed by atoms with Crippen molar-refractivity contribution in [2.45, 2.75) is 17.5 Å². The van der Waals surface area contributed by atoms with Crippen molar-refractivity contribution in [1.82, 2.24) is 14.5 Å². The Labute approximate surface area is 251 Å². The Balaban J connectivity index is 1.54. The number of hydrogen-bond acceptors (Lipinski definition) is 7. The fourth-order valence-corrected chi connectivity index (χ4v) is 6.00. The van der Waals surface area contributed by atoms with Crippen molar-refractivity contribution < 1.29 is 32.2 Å². The van der Waals surface area contributed by atoms with E-state index in [1.807, 2.05) is 6.07 Å². The molecule has 3 aromatic rings. The van der Waals surface area contributed by atoms with E-state index in [0.29, 0.717) is 49.2 Å². The number of halogens is 1. The third-order valence-corrected chi connectivity index (χ3v) is 8.83. The first-order chi connectivity index (χ1) is 20.3. The third-order valence-electron chi connectivity index (χ3n) is 6.66. The Morgan fingerprint density at radius 3 is 2.31 bits per heavy atom. The van der Waals surface area contributed by atoms with Gasteiger partial charge in [0.2, 0.25) is 15.9 Å². The highest BCUT2D eigenvalue weighted by molar-refractivity contribution is 7.89. The van der Waals surface area contributed by atoms with Crippen molar-refractivity contribution in [3.8, 4) is 5.75 Å². The first-order valence-corrected chi connectivity index (χ1v) is 15.3. The lowest BCUT2D eigenvalue weighted by Crippen LogP contribution is -2.45. The first kappa shape index (κ1) is 31.5. The Hall–Kier alpha value is -3.48. The lowest BCUT2D eigenvalue weighted by atomic mass is 10.0. The molecule has 10 nitrogen and oxygen atoms in total. The van der Waals surface area contributed by atoms with Crippen LogP contribution in [0.5, 0.6) is 5.75 Å². The van der Waals surface area contributed by atoms with Crippen molar-refractivity contribution >= 4 is 33.4 Å². The Morgan fingerprint density at radius 1 is 1.00 bits per heavy atom. The lowest BCUT2D eigenvalue weighted by Gasteiger charge is -2.31. The SMILES string of the molecule is COCCNC(=O)[C@@H](c1ccccc1)N(Cc1ccc(Cl)cc1)C(=O)COc1ccc(S(=O)(=O)N2CCOCC2)cc1. The Morgan fingerprint density at radius 2 is 1.67 bits per heavy atom. The van der Waals surface area contributed by atoms with Crippen LogP contribution in [0.1, 0.15) is 17.2 Å². The zero-order valence-electron chi connectivity index (χ0n) is 23.3. The van der Waals surface area contributed by atoms with E-state index in [2.05, 4.69) is 5.32 Å². The van der Waals surface area contributed by atoms with Gasteiger partial charge in [0, 0.05) is 38.3 Å². The van der Waals surface area contributed by atoms with Crippen LogP contribution in [-0.4, -0.2) is 82.6 Å².